The van der Waals surface area contributed by atoms with Gasteiger partial charge in [-0.2, -0.15) is 5.26 Å². The lowest BCUT2D eigenvalue weighted by atomic mass is 10.1. The first kappa shape index (κ1) is 13.4. The number of hydrogen-bond acceptors (Lipinski definition) is 3. The molecule has 0 spiro atoms. The van der Waals surface area contributed by atoms with Gasteiger partial charge in [0, 0.05) is 28.8 Å². The van der Waals surface area contributed by atoms with Crippen LogP contribution in [0.25, 0.3) is 10.8 Å². The van der Waals surface area contributed by atoms with Crippen molar-refractivity contribution in [3.05, 3.63) is 71.0 Å². The molecule has 0 fully saturated rings. The highest BCUT2D eigenvalue weighted by atomic mass is 35.5. The van der Waals surface area contributed by atoms with Crippen LogP contribution in [0.3, 0.4) is 0 Å². The van der Waals surface area contributed by atoms with E-state index < -0.39 is 0 Å². The van der Waals surface area contributed by atoms with Gasteiger partial charge in [0.05, 0.1) is 0 Å². The van der Waals surface area contributed by atoms with Gasteiger partial charge in [-0.1, -0.05) is 41.9 Å². The molecule has 0 saturated heterocycles. The monoisotopic (exact) mass is 293 g/mol. The summed E-state index contributed by atoms with van der Waals surface area (Å²) in [4.78, 5) is 4.23. The summed E-state index contributed by atoms with van der Waals surface area (Å²) in [5, 5.41) is 15.1. The molecule has 1 heterocycles. The van der Waals surface area contributed by atoms with E-state index in [1.165, 1.54) is 0 Å². The Balaban J connectivity index is 1.93. The zero-order chi connectivity index (χ0) is 14.7. The highest BCUT2D eigenvalue weighted by molar-refractivity contribution is 6.30. The average molecular weight is 294 g/mol. The summed E-state index contributed by atoms with van der Waals surface area (Å²) in [5.74, 6) is 0. The number of nitrogens with one attached hydrogen (secondary N) is 1. The van der Waals surface area contributed by atoms with Crippen LogP contribution in [0.15, 0.2) is 54.7 Å². The van der Waals surface area contributed by atoms with Crippen molar-refractivity contribution in [3.8, 4) is 6.07 Å². The van der Waals surface area contributed by atoms with Gasteiger partial charge in [-0.05, 0) is 29.1 Å². The van der Waals surface area contributed by atoms with Gasteiger partial charge in [-0.15, -0.1) is 0 Å². The van der Waals surface area contributed by atoms with Crippen LogP contribution >= 0.6 is 11.6 Å². The van der Waals surface area contributed by atoms with Gasteiger partial charge >= 0.3 is 0 Å². The molecule has 0 bridgehead atoms. The van der Waals surface area contributed by atoms with E-state index in [4.69, 9.17) is 16.9 Å². The molecule has 102 valence electrons. The number of pyridine rings is 1. The second-order valence-corrected chi connectivity index (χ2v) is 5.09. The minimum absolute atomic E-state index is 0.456. The van der Waals surface area contributed by atoms with Gasteiger partial charge in [0.2, 0.25) is 0 Å². The van der Waals surface area contributed by atoms with Crippen molar-refractivity contribution < 1.29 is 0 Å². The first-order valence-corrected chi connectivity index (χ1v) is 6.92. The highest BCUT2D eigenvalue weighted by Crippen LogP contribution is 2.22. The SMILES string of the molecule is N#Cc1ncc(CNc2cccc(Cl)c2)c2ccccc12. The maximum Gasteiger partial charge on any atom is 0.148 e. The van der Waals surface area contributed by atoms with E-state index in [0.29, 0.717) is 17.3 Å². The Kier molecular flexibility index (Phi) is 3.72. The minimum atomic E-state index is 0.456. The number of hydrogen-bond donors (Lipinski definition) is 1. The lowest BCUT2D eigenvalue weighted by molar-refractivity contribution is 1.13. The van der Waals surface area contributed by atoms with Crippen LogP contribution < -0.4 is 5.32 Å². The molecule has 0 aliphatic carbocycles. The number of nitriles is 1. The molecule has 0 amide bonds. The van der Waals surface area contributed by atoms with E-state index in [2.05, 4.69) is 16.4 Å². The van der Waals surface area contributed by atoms with Crippen LogP contribution in [0.1, 0.15) is 11.3 Å². The molecule has 0 radical (unpaired) electrons. The molecule has 0 unspecified atom stereocenters. The lowest BCUT2D eigenvalue weighted by Crippen LogP contribution is -2.01. The molecule has 0 atom stereocenters. The first-order valence-electron chi connectivity index (χ1n) is 6.54. The van der Waals surface area contributed by atoms with Crippen LogP contribution in [0.2, 0.25) is 5.02 Å². The number of nitrogens with zero attached hydrogens (tertiary/aromatic N) is 2. The number of anilines is 1. The van der Waals surface area contributed by atoms with Gasteiger partial charge in [0.15, 0.2) is 0 Å². The third kappa shape index (κ3) is 2.81. The Morgan fingerprint density at radius 2 is 1.90 bits per heavy atom. The average Bonchev–Trinajstić information content (AvgIpc) is 2.52. The predicted molar refractivity (Wildman–Crippen MR) is 85.2 cm³/mol. The molecule has 21 heavy (non-hydrogen) atoms. The second-order valence-electron chi connectivity index (χ2n) is 4.65. The van der Waals surface area contributed by atoms with E-state index in [-0.39, 0.29) is 0 Å². The maximum absolute atomic E-state index is 9.12. The summed E-state index contributed by atoms with van der Waals surface area (Å²) in [6.07, 6.45) is 1.75. The number of rotatable bonds is 3. The molecule has 0 saturated carbocycles. The third-order valence-electron chi connectivity index (χ3n) is 3.29. The fraction of sp³-hybridized carbons (Fsp3) is 0.0588. The Morgan fingerprint density at radius 3 is 2.67 bits per heavy atom. The summed E-state index contributed by atoms with van der Waals surface area (Å²) in [6, 6.07) is 17.5. The van der Waals surface area contributed by atoms with Crippen molar-refractivity contribution in [2.45, 2.75) is 6.54 Å². The van der Waals surface area contributed by atoms with Crippen LogP contribution in [0.4, 0.5) is 5.69 Å². The molecule has 0 aliphatic heterocycles. The molecular weight excluding hydrogens is 282 g/mol. The predicted octanol–water partition coefficient (Wildman–Crippen LogP) is 4.37. The quantitative estimate of drug-likeness (QED) is 0.780. The molecule has 2 aromatic carbocycles. The minimum Gasteiger partial charge on any atom is -0.381 e. The van der Waals surface area contributed by atoms with Crippen molar-refractivity contribution in [1.82, 2.24) is 4.98 Å². The van der Waals surface area contributed by atoms with E-state index in [0.717, 1.165) is 22.0 Å². The normalized spacial score (nSPS) is 10.3. The fourth-order valence-corrected chi connectivity index (χ4v) is 2.47. The molecule has 1 N–H and O–H groups in total. The first-order chi connectivity index (χ1) is 10.3. The number of benzene rings is 2. The van der Waals surface area contributed by atoms with Crippen LogP contribution in [-0.4, -0.2) is 4.98 Å². The van der Waals surface area contributed by atoms with Crippen molar-refractivity contribution in [1.29, 1.82) is 5.26 Å². The standard InChI is InChI=1S/C17H12ClN3/c18-13-4-3-5-14(8-13)20-10-12-11-21-17(9-19)16-7-2-1-6-15(12)16/h1-8,11,20H,10H2. The van der Waals surface area contributed by atoms with Crippen molar-refractivity contribution in [2.75, 3.05) is 5.32 Å². The van der Waals surface area contributed by atoms with Gasteiger partial charge < -0.3 is 5.32 Å². The molecule has 3 aromatic rings. The molecule has 0 aliphatic rings. The molecule has 3 nitrogen and oxygen atoms in total. The zero-order valence-electron chi connectivity index (χ0n) is 11.2. The van der Waals surface area contributed by atoms with Crippen LogP contribution in [0, 0.1) is 11.3 Å². The second kappa shape index (κ2) is 5.82. The van der Waals surface area contributed by atoms with Gasteiger partial charge in [-0.3, -0.25) is 0 Å². The summed E-state index contributed by atoms with van der Waals surface area (Å²) < 4.78 is 0. The van der Waals surface area contributed by atoms with Gasteiger partial charge in [0.25, 0.3) is 0 Å². The maximum atomic E-state index is 9.12. The molecule has 3 rings (SSSR count). The summed E-state index contributed by atoms with van der Waals surface area (Å²) in [5.41, 5.74) is 2.46. The number of aromatic nitrogens is 1. The Bertz CT molecular complexity index is 837. The molecule has 4 heteroatoms. The Morgan fingerprint density at radius 1 is 1.10 bits per heavy atom. The summed E-state index contributed by atoms with van der Waals surface area (Å²) >= 11 is 5.97. The summed E-state index contributed by atoms with van der Waals surface area (Å²) in [7, 11) is 0. The number of halogens is 1. The van der Waals surface area contributed by atoms with E-state index in [1.807, 2.05) is 48.5 Å². The van der Waals surface area contributed by atoms with Crippen LogP contribution in [0.5, 0.6) is 0 Å². The fourth-order valence-electron chi connectivity index (χ4n) is 2.28. The van der Waals surface area contributed by atoms with E-state index in [9.17, 15) is 0 Å². The highest BCUT2D eigenvalue weighted by Gasteiger charge is 2.06. The van der Waals surface area contributed by atoms with Gasteiger partial charge in [-0.25, -0.2) is 4.98 Å². The zero-order valence-corrected chi connectivity index (χ0v) is 11.9. The molecule has 1 aromatic heterocycles. The van der Waals surface area contributed by atoms with E-state index >= 15 is 0 Å². The Hall–Kier alpha value is -2.57. The van der Waals surface area contributed by atoms with Crippen molar-refractivity contribution >= 4 is 28.1 Å². The Labute approximate surface area is 127 Å². The van der Waals surface area contributed by atoms with E-state index in [1.54, 1.807) is 6.20 Å². The van der Waals surface area contributed by atoms with Crippen molar-refractivity contribution in [3.63, 3.8) is 0 Å². The third-order valence-corrected chi connectivity index (χ3v) is 3.53. The van der Waals surface area contributed by atoms with Gasteiger partial charge in [0.1, 0.15) is 11.8 Å². The lowest BCUT2D eigenvalue weighted by Gasteiger charge is -2.10. The van der Waals surface area contributed by atoms with Crippen molar-refractivity contribution in [2.24, 2.45) is 0 Å². The smallest absolute Gasteiger partial charge is 0.148 e. The summed E-state index contributed by atoms with van der Waals surface area (Å²) in [6.45, 7) is 0.625. The topological polar surface area (TPSA) is 48.7 Å². The van der Waals surface area contributed by atoms with Crippen LogP contribution in [-0.2, 0) is 6.54 Å². The number of fused-ring (bicyclic) bond motifs is 1. The largest absolute Gasteiger partial charge is 0.381 e. The molecular formula is C17H12ClN3.